The first-order valence-electron chi connectivity index (χ1n) is 11.2. The Labute approximate surface area is 178 Å². The predicted octanol–water partition coefficient (Wildman–Crippen LogP) is 6.14. The Bertz CT molecular complexity index is 1080. The number of unbranched alkanes of at least 4 members (excludes halogenated alkanes) is 2. The van der Waals surface area contributed by atoms with Crippen LogP contribution in [-0.2, 0) is 19.4 Å². The molecule has 4 heteroatoms. The highest BCUT2D eigenvalue weighted by Crippen LogP contribution is 2.37. The number of anilines is 1. The van der Waals surface area contributed by atoms with E-state index in [-0.39, 0.29) is 5.63 Å². The van der Waals surface area contributed by atoms with Crippen LogP contribution in [0.15, 0.2) is 45.6 Å². The van der Waals surface area contributed by atoms with E-state index in [1.165, 1.54) is 24.1 Å². The second-order valence-electron chi connectivity index (χ2n) is 8.30. The van der Waals surface area contributed by atoms with E-state index in [1.807, 2.05) is 6.92 Å². The number of ether oxygens (including phenoxy) is 1. The van der Waals surface area contributed by atoms with Gasteiger partial charge in [0, 0.05) is 34.8 Å². The van der Waals surface area contributed by atoms with Crippen molar-refractivity contribution >= 4 is 16.7 Å². The molecule has 0 amide bonds. The number of rotatable bonds is 7. The van der Waals surface area contributed by atoms with Crippen molar-refractivity contribution < 1.29 is 9.15 Å². The molecule has 1 aromatic heterocycles. The molecular weight excluding hydrogens is 374 g/mol. The van der Waals surface area contributed by atoms with Gasteiger partial charge in [-0.05, 0) is 61.9 Å². The molecule has 0 N–H and O–H groups in total. The molecule has 0 unspecified atom stereocenters. The summed E-state index contributed by atoms with van der Waals surface area (Å²) in [7, 11) is 0. The van der Waals surface area contributed by atoms with Crippen LogP contribution in [0.5, 0.6) is 5.75 Å². The Hall–Kier alpha value is -2.75. The Morgan fingerprint density at radius 2 is 1.73 bits per heavy atom. The van der Waals surface area contributed by atoms with Crippen LogP contribution in [0.2, 0.25) is 0 Å². The van der Waals surface area contributed by atoms with Gasteiger partial charge in [0.2, 0.25) is 0 Å². The largest absolute Gasteiger partial charge is 0.472 e. The quantitative estimate of drug-likeness (QED) is 0.443. The van der Waals surface area contributed by atoms with Gasteiger partial charge in [-0.1, -0.05) is 38.8 Å². The second-order valence-corrected chi connectivity index (χ2v) is 8.30. The van der Waals surface area contributed by atoms with Crippen LogP contribution >= 0.6 is 0 Å². The second kappa shape index (κ2) is 8.95. The first-order chi connectivity index (χ1) is 14.6. The van der Waals surface area contributed by atoms with Gasteiger partial charge in [-0.3, -0.25) is 0 Å². The highest BCUT2D eigenvalue weighted by Gasteiger charge is 2.23. The molecule has 4 rings (SSSR count). The summed E-state index contributed by atoms with van der Waals surface area (Å²) in [4.78, 5) is 14.4. The summed E-state index contributed by atoms with van der Waals surface area (Å²) in [6.45, 7) is 7.66. The van der Waals surface area contributed by atoms with E-state index in [4.69, 9.17) is 9.15 Å². The zero-order chi connectivity index (χ0) is 21.1. The van der Waals surface area contributed by atoms with Crippen molar-refractivity contribution in [1.82, 2.24) is 0 Å². The summed E-state index contributed by atoms with van der Waals surface area (Å²) in [6, 6.07) is 12.7. The zero-order valence-corrected chi connectivity index (χ0v) is 18.3. The molecule has 0 aliphatic carbocycles. The number of hydrogen-bond donors (Lipinski definition) is 0. The molecule has 1 aliphatic rings. The van der Waals surface area contributed by atoms with Crippen molar-refractivity contribution in [2.45, 2.75) is 65.8 Å². The number of aryl methyl sites for hydroxylation is 3. The molecule has 0 saturated heterocycles. The van der Waals surface area contributed by atoms with E-state index in [0.29, 0.717) is 12.3 Å². The molecule has 30 heavy (non-hydrogen) atoms. The summed E-state index contributed by atoms with van der Waals surface area (Å²) in [5.41, 5.74) is 6.09. The summed E-state index contributed by atoms with van der Waals surface area (Å²) >= 11 is 0. The lowest BCUT2D eigenvalue weighted by atomic mass is 9.98. The highest BCUT2D eigenvalue weighted by molar-refractivity contribution is 5.86. The maximum atomic E-state index is 12.1. The summed E-state index contributed by atoms with van der Waals surface area (Å²) in [5.74, 6) is 0.856. The van der Waals surface area contributed by atoms with Crippen molar-refractivity contribution in [2.24, 2.45) is 0 Å². The van der Waals surface area contributed by atoms with E-state index < -0.39 is 0 Å². The van der Waals surface area contributed by atoms with Gasteiger partial charge in [0.25, 0.3) is 0 Å². The number of benzene rings is 2. The molecule has 0 spiro atoms. The highest BCUT2D eigenvalue weighted by atomic mass is 16.5. The molecule has 0 atom stereocenters. The minimum Gasteiger partial charge on any atom is -0.472 e. The van der Waals surface area contributed by atoms with Gasteiger partial charge >= 0.3 is 5.63 Å². The fourth-order valence-electron chi connectivity index (χ4n) is 4.28. The molecule has 0 bridgehead atoms. The lowest BCUT2D eigenvalue weighted by Gasteiger charge is -2.32. The average Bonchev–Trinajstić information content (AvgIpc) is 2.77. The van der Waals surface area contributed by atoms with Crippen LogP contribution in [0.3, 0.4) is 0 Å². The van der Waals surface area contributed by atoms with Gasteiger partial charge in [-0.15, -0.1) is 0 Å². The minimum atomic E-state index is -0.280. The van der Waals surface area contributed by atoms with Crippen LogP contribution < -0.4 is 15.3 Å². The fourth-order valence-corrected chi connectivity index (χ4v) is 4.28. The summed E-state index contributed by atoms with van der Waals surface area (Å²) < 4.78 is 11.7. The molecule has 0 saturated carbocycles. The normalized spacial score (nSPS) is 13.4. The number of fused-ring (bicyclic) bond motifs is 2. The standard InChI is InChI=1S/C26H31NO3/c1-4-6-8-19-10-12-22(13-11-19)27-16-21-14-23-20(9-7-5-2)15-24(28)30-26(23)18(3)25(21)29-17-27/h10-15H,4-9,16-17H2,1-3H3. The number of nitrogens with zero attached hydrogens (tertiary/aromatic N) is 1. The molecule has 4 nitrogen and oxygen atoms in total. The van der Waals surface area contributed by atoms with Gasteiger partial charge in [0.15, 0.2) is 6.73 Å². The first-order valence-corrected chi connectivity index (χ1v) is 11.2. The van der Waals surface area contributed by atoms with Gasteiger partial charge in [-0.25, -0.2) is 4.79 Å². The van der Waals surface area contributed by atoms with Crippen LogP contribution in [0.25, 0.3) is 11.0 Å². The number of hydrogen-bond acceptors (Lipinski definition) is 4. The first kappa shape index (κ1) is 20.5. The van der Waals surface area contributed by atoms with Gasteiger partial charge in [0.05, 0.1) is 0 Å². The van der Waals surface area contributed by atoms with Gasteiger partial charge < -0.3 is 14.1 Å². The maximum absolute atomic E-state index is 12.1. The molecular formula is C26H31NO3. The molecule has 0 fully saturated rings. The van der Waals surface area contributed by atoms with Crippen molar-refractivity contribution in [1.29, 1.82) is 0 Å². The van der Waals surface area contributed by atoms with Crippen molar-refractivity contribution in [3.63, 3.8) is 0 Å². The van der Waals surface area contributed by atoms with Gasteiger partial charge in [0.1, 0.15) is 11.3 Å². The third-order valence-corrected chi connectivity index (χ3v) is 6.02. The van der Waals surface area contributed by atoms with E-state index in [9.17, 15) is 4.79 Å². The van der Waals surface area contributed by atoms with Crippen molar-refractivity contribution in [3.8, 4) is 5.75 Å². The topological polar surface area (TPSA) is 42.7 Å². The Morgan fingerprint density at radius 1 is 1.00 bits per heavy atom. The lowest BCUT2D eigenvalue weighted by Crippen LogP contribution is -2.32. The molecule has 3 aromatic rings. The third-order valence-electron chi connectivity index (χ3n) is 6.02. The van der Waals surface area contributed by atoms with Crippen molar-refractivity contribution in [2.75, 3.05) is 11.6 Å². The van der Waals surface area contributed by atoms with E-state index in [0.717, 1.165) is 60.1 Å². The minimum absolute atomic E-state index is 0.280. The Balaban J connectivity index is 1.66. The molecule has 2 heterocycles. The molecule has 2 aromatic carbocycles. The maximum Gasteiger partial charge on any atom is 0.336 e. The van der Waals surface area contributed by atoms with E-state index in [2.05, 4.69) is 49.1 Å². The van der Waals surface area contributed by atoms with Crippen LogP contribution in [0.1, 0.15) is 61.8 Å². The fraction of sp³-hybridized carbons (Fsp3) is 0.423. The van der Waals surface area contributed by atoms with Crippen LogP contribution in [0, 0.1) is 6.92 Å². The average molecular weight is 406 g/mol. The van der Waals surface area contributed by atoms with E-state index >= 15 is 0 Å². The molecule has 1 aliphatic heterocycles. The summed E-state index contributed by atoms with van der Waals surface area (Å²) in [5, 5.41) is 1.04. The van der Waals surface area contributed by atoms with Crippen molar-refractivity contribution in [3.05, 3.63) is 69.1 Å². The predicted molar refractivity (Wildman–Crippen MR) is 123 cm³/mol. The van der Waals surface area contributed by atoms with Gasteiger partial charge in [-0.2, -0.15) is 0 Å². The third kappa shape index (κ3) is 4.09. The van der Waals surface area contributed by atoms with E-state index in [1.54, 1.807) is 6.07 Å². The van der Waals surface area contributed by atoms with Crippen LogP contribution in [-0.4, -0.2) is 6.73 Å². The monoisotopic (exact) mass is 405 g/mol. The smallest absolute Gasteiger partial charge is 0.336 e. The Morgan fingerprint density at radius 3 is 2.47 bits per heavy atom. The molecule has 158 valence electrons. The molecule has 0 radical (unpaired) electrons. The Kier molecular flexibility index (Phi) is 6.12. The summed E-state index contributed by atoms with van der Waals surface area (Å²) in [6.07, 6.45) is 6.61. The SMILES string of the molecule is CCCCc1ccc(N2COc3c(cc4c(CCCC)cc(=O)oc4c3C)C2)cc1. The van der Waals surface area contributed by atoms with Crippen LogP contribution in [0.4, 0.5) is 5.69 Å². The zero-order valence-electron chi connectivity index (χ0n) is 18.3. The lowest BCUT2D eigenvalue weighted by molar-refractivity contribution is 0.287.